The number of nitrogens with zero attached hydrogens (tertiary/aromatic N) is 2. The Morgan fingerprint density at radius 2 is 2.05 bits per heavy atom. The third-order valence-electron chi connectivity index (χ3n) is 3.57. The zero-order valence-corrected chi connectivity index (χ0v) is 12.8. The van der Waals surface area contributed by atoms with Crippen LogP contribution in [-0.2, 0) is 5.41 Å². The Balaban J connectivity index is 2.45. The topological polar surface area (TPSA) is 53.4 Å². The maximum atomic E-state index is 11.4. The van der Waals surface area contributed by atoms with E-state index in [0.29, 0.717) is 11.6 Å². The van der Waals surface area contributed by atoms with Gasteiger partial charge in [0.05, 0.1) is 5.56 Å². The Morgan fingerprint density at radius 1 is 1.40 bits per heavy atom. The van der Waals surface area contributed by atoms with E-state index in [4.69, 9.17) is 4.98 Å². The van der Waals surface area contributed by atoms with E-state index in [9.17, 15) is 9.90 Å². The Morgan fingerprint density at radius 3 is 2.50 bits per heavy atom. The van der Waals surface area contributed by atoms with Gasteiger partial charge in [0.25, 0.3) is 0 Å². The van der Waals surface area contributed by atoms with Gasteiger partial charge in [0.1, 0.15) is 5.82 Å². The van der Waals surface area contributed by atoms with E-state index in [0.717, 1.165) is 24.5 Å². The first-order valence-corrected chi connectivity index (χ1v) is 7.35. The van der Waals surface area contributed by atoms with Crippen molar-refractivity contribution in [2.24, 2.45) is 0 Å². The summed E-state index contributed by atoms with van der Waals surface area (Å²) in [6.45, 7) is 9.26. The lowest BCUT2D eigenvalue weighted by Gasteiger charge is -2.26. The number of hydrogen-bond acceptors (Lipinski definition) is 3. The summed E-state index contributed by atoms with van der Waals surface area (Å²) in [5, 5.41) is 9.32. The monoisotopic (exact) mass is 276 g/mol. The Hall–Kier alpha value is -1.58. The highest BCUT2D eigenvalue weighted by atomic mass is 16.4. The van der Waals surface area contributed by atoms with Crippen LogP contribution in [0.25, 0.3) is 0 Å². The van der Waals surface area contributed by atoms with Gasteiger partial charge in [0, 0.05) is 23.7 Å². The molecule has 1 aromatic heterocycles. The quantitative estimate of drug-likeness (QED) is 0.895. The predicted octanol–water partition coefficient (Wildman–Crippen LogP) is 3.46. The molecule has 20 heavy (non-hydrogen) atoms. The van der Waals surface area contributed by atoms with Crippen molar-refractivity contribution in [3.8, 4) is 0 Å². The van der Waals surface area contributed by atoms with Crippen molar-refractivity contribution in [2.45, 2.75) is 58.4 Å². The van der Waals surface area contributed by atoms with Crippen LogP contribution in [0.1, 0.15) is 63.0 Å². The fraction of sp³-hybridized carbons (Fsp3) is 0.625. The van der Waals surface area contributed by atoms with Gasteiger partial charge in [-0.05, 0) is 31.4 Å². The van der Waals surface area contributed by atoms with Gasteiger partial charge in [-0.1, -0.05) is 27.7 Å². The molecule has 1 aromatic rings. The van der Waals surface area contributed by atoms with Gasteiger partial charge in [-0.15, -0.1) is 0 Å². The third kappa shape index (κ3) is 3.30. The van der Waals surface area contributed by atoms with Gasteiger partial charge in [-0.2, -0.15) is 0 Å². The number of aromatic carboxylic acids is 1. The lowest BCUT2D eigenvalue weighted by Crippen LogP contribution is -2.29. The van der Waals surface area contributed by atoms with Crippen LogP contribution in [0.5, 0.6) is 0 Å². The van der Waals surface area contributed by atoms with Gasteiger partial charge in [0.2, 0.25) is 0 Å². The largest absolute Gasteiger partial charge is 0.478 e. The third-order valence-corrected chi connectivity index (χ3v) is 3.57. The number of carboxylic acid groups (broad SMARTS) is 1. The highest BCUT2D eigenvalue weighted by molar-refractivity contribution is 5.88. The van der Waals surface area contributed by atoms with Crippen molar-refractivity contribution in [2.75, 3.05) is 11.4 Å². The summed E-state index contributed by atoms with van der Waals surface area (Å²) in [6, 6.07) is 3.95. The molecule has 1 aliphatic rings. The Kier molecular flexibility index (Phi) is 4.02. The molecule has 0 bridgehead atoms. The van der Waals surface area contributed by atoms with Crippen LogP contribution < -0.4 is 4.90 Å². The maximum absolute atomic E-state index is 11.4. The van der Waals surface area contributed by atoms with E-state index in [1.54, 1.807) is 12.1 Å². The number of carbonyl (C=O) groups is 1. The average molecular weight is 276 g/mol. The predicted molar refractivity (Wildman–Crippen MR) is 80.6 cm³/mol. The molecule has 4 nitrogen and oxygen atoms in total. The van der Waals surface area contributed by atoms with E-state index in [1.165, 1.54) is 12.8 Å². The van der Waals surface area contributed by atoms with Crippen LogP contribution >= 0.6 is 0 Å². The van der Waals surface area contributed by atoms with Crippen molar-refractivity contribution >= 4 is 11.8 Å². The summed E-state index contributed by atoms with van der Waals surface area (Å²) in [6.07, 6.45) is 3.41. The Bertz CT molecular complexity index is 502. The second-order valence-corrected chi connectivity index (χ2v) is 6.58. The van der Waals surface area contributed by atoms with Crippen molar-refractivity contribution in [3.05, 3.63) is 23.4 Å². The molecular weight excluding hydrogens is 252 g/mol. The van der Waals surface area contributed by atoms with E-state index >= 15 is 0 Å². The minimum Gasteiger partial charge on any atom is -0.478 e. The summed E-state index contributed by atoms with van der Waals surface area (Å²) < 4.78 is 0. The van der Waals surface area contributed by atoms with Crippen LogP contribution in [-0.4, -0.2) is 28.6 Å². The molecule has 0 unspecified atom stereocenters. The number of rotatable bonds is 5. The van der Waals surface area contributed by atoms with Crippen LogP contribution in [0.15, 0.2) is 12.1 Å². The van der Waals surface area contributed by atoms with E-state index in [2.05, 4.69) is 32.6 Å². The lowest BCUT2D eigenvalue weighted by atomic mass is 9.90. The summed E-state index contributed by atoms with van der Waals surface area (Å²) in [5.41, 5.74) is 1.03. The van der Waals surface area contributed by atoms with Crippen molar-refractivity contribution in [1.29, 1.82) is 0 Å². The van der Waals surface area contributed by atoms with E-state index < -0.39 is 5.97 Å². The molecule has 2 rings (SSSR count). The molecule has 0 aromatic carbocycles. The van der Waals surface area contributed by atoms with Crippen LogP contribution in [0, 0.1) is 0 Å². The van der Waals surface area contributed by atoms with Crippen molar-refractivity contribution in [3.63, 3.8) is 0 Å². The summed E-state index contributed by atoms with van der Waals surface area (Å²) >= 11 is 0. The molecule has 110 valence electrons. The Labute approximate surface area is 120 Å². The lowest BCUT2D eigenvalue weighted by molar-refractivity contribution is 0.0696. The van der Waals surface area contributed by atoms with Gasteiger partial charge in [0.15, 0.2) is 0 Å². The highest BCUT2D eigenvalue weighted by Gasteiger charge is 2.30. The molecule has 1 aliphatic carbocycles. The molecule has 1 fully saturated rings. The summed E-state index contributed by atoms with van der Waals surface area (Å²) in [7, 11) is 0. The van der Waals surface area contributed by atoms with Crippen LogP contribution in [0.4, 0.5) is 5.82 Å². The first-order valence-electron chi connectivity index (χ1n) is 7.35. The number of carboxylic acids is 1. The standard InChI is InChI=1S/C16H24N2O2/c1-5-8-18(12-6-7-12)14-10-11(15(19)20)9-13(17-14)16(2,3)4/h9-10,12H,5-8H2,1-4H3,(H,19,20). The van der Waals surface area contributed by atoms with Crippen LogP contribution in [0.2, 0.25) is 0 Å². The molecule has 0 amide bonds. The maximum Gasteiger partial charge on any atom is 0.335 e. The van der Waals surface area contributed by atoms with Crippen molar-refractivity contribution < 1.29 is 9.90 Å². The minimum atomic E-state index is -0.883. The second-order valence-electron chi connectivity index (χ2n) is 6.58. The first kappa shape index (κ1) is 14.8. The van der Waals surface area contributed by atoms with Crippen LogP contribution in [0.3, 0.4) is 0 Å². The summed E-state index contributed by atoms with van der Waals surface area (Å²) in [4.78, 5) is 18.3. The SMILES string of the molecule is CCCN(c1cc(C(=O)O)cc(C(C)(C)C)n1)C1CC1. The van der Waals surface area contributed by atoms with E-state index in [-0.39, 0.29) is 5.41 Å². The van der Waals surface area contributed by atoms with Gasteiger partial charge in [-0.3, -0.25) is 0 Å². The smallest absolute Gasteiger partial charge is 0.335 e. The zero-order valence-electron chi connectivity index (χ0n) is 12.8. The molecular formula is C16H24N2O2. The zero-order chi connectivity index (χ0) is 14.9. The fourth-order valence-electron chi connectivity index (χ4n) is 2.28. The highest BCUT2D eigenvalue weighted by Crippen LogP contribution is 2.33. The molecule has 0 spiro atoms. The molecule has 0 radical (unpaired) electrons. The number of anilines is 1. The molecule has 1 heterocycles. The van der Waals surface area contributed by atoms with Crippen molar-refractivity contribution in [1.82, 2.24) is 4.98 Å². The fourth-order valence-corrected chi connectivity index (χ4v) is 2.28. The van der Waals surface area contributed by atoms with Gasteiger partial charge < -0.3 is 10.0 Å². The molecule has 4 heteroatoms. The van der Waals surface area contributed by atoms with Gasteiger partial charge in [-0.25, -0.2) is 9.78 Å². The first-order chi connectivity index (χ1) is 9.32. The number of pyridine rings is 1. The molecule has 0 saturated heterocycles. The molecule has 1 saturated carbocycles. The average Bonchev–Trinajstić information content (AvgIpc) is 3.18. The summed E-state index contributed by atoms with van der Waals surface area (Å²) in [5.74, 6) is -0.0643. The second kappa shape index (κ2) is 5.43. The van der Waals surface area contributed by atoms with Gasteiger partial charge >= 0.3 is 5.97 Å². The normalized spacial score (nSPS) is 15.2. The molecule has 0 aliphatic heterocycles. The van der Waals surface area contributed by atoms with E-state index in [1.807, 2.05) is 0 Å². The molecule has 1 N–H and O–H groups in total. The molecule has 0 atom stereocenters. The number of aromatic nitrogens is 1. The number of hydrogen-bond donors (Lipinski definition) is 1. The minimum absolute atomic E-state index is 0.151.